The first-order valence-electron chi connectivity index (χ1n) is 15.6. The van der Waals surface area contributed by atoms with E-state index in [0.717, 1.165) is 59.0 Å². The number of fused-ring (bicyclic) bond motifs is 4. The maximum Gasteiger partial charge on any atom is 0.162 e. The molecular formula is C38H45IrN2O2S-. The average Bonchev–Trinajstić information content (AvgIpc) is 3.35. The first-order chi connectivity index (χ1) is 20.6. The molecule has 0 atom stereocenters. The number of carbonyl (C=O) groups is 1. The molecule has 5 aromatic rings. The summed E-state index contributed by atoms with van der Waals surface area (Å²) >= 11 is 1.78. The molecule has 1 radical (unpaired) electrons. The van der Waals surface area contributed by atoms with Crippen LogP contribution >= 0.6 is 11.3 Å². The van der Waals surface area contributed by atoms with Crippen molar-refractivity contribution < 1.29 is 30.0 Å². The van der Waals surface area contributed by atoms with E-state index in [9.17, 15) is 9.90 Å². The van der Waals surface area contributed by atoms with Crippen molar-refractivity contribution in [1.29, 1.82) is 0 Å². The number of carbonyl (C=O) groups excluding carboxylic acids is 1. The van der Waals surface area contributed by atoms with Crippen LogP contribution in [0.25, 0.3) is 42.3 Å². The molecule has 0 bridgehead atoms. The third kappa shape index (κ3) is 8.62. The van der Waals surface area contributed by atoms with E-state index < -0.39 is 0 Å². The summed E-state index contributed by atoms with van der Waals surface area (Å²) in [5, 5.41) is 13.3. The predicted octanol–water partition coefficient (Wildman–Crippen LogP) is 10.9. The molecule has 1 N–H and O–H groups in total. The summed E-state index contributed by atoms with van der Waals surface area (Å²) in [7, 11) is 0. The number of thiophene rings is 1. The summed E-state index contributed by atoms with van der Waals surface area (Å²) in [6.07, 6.45) is 7.65. The zero-order valence-corrected chi connectivity index (χ0v) is 30.2. The molecule has 0 spiro atoms. The molecule has 0 unspecified atom stereocenters. The second-order valence-electron chi connectivity index (χ2n) is 12.5. The predicted molar refractivity (Wildman–Crippen MR) is 184 cm³/mol. The average molecular weight is 786 g/mol. The number of rotatable bonds is 9. The number of nitrogens with zero attached hydrogens (tertiary/aromatic N) is 2. The fraction of sp³-hybridized carbons (Fsp3) is 0.395. The number of hydrogen-bond donors (Lipinski definition) is 1. The van der Waals surface area contributed by atoms with E-state index >= 15 is 0 Å². The van der Waals surface area contributed by atoms with Gasteiger partial charge in [0.15, 0.2) is 5.78 Å². The molecule has 0 fully saturated rings. The van der Waals surface area contributed by atoms with Gasteiger partial charge < -0.3 is 5.11 Å². The van der Waals surface area contributed by atoms with Crippen LogP contribution in [0.2, 0.25) is 0 Å². The van der Waals surface area contributed by atoms with E-state index in [1.165, 1.54) is 27.1 Å². The molecule has 5 rings (SSSR count). The minimum Gasteiger partial charge on any atom is -0.512 e. The van der Waals surface area contributed by atoms with Crippen molar-refractivity contribution in [2.75, 3.05) is 0 Å². The monoisotopic (exact) mass is 786 g/mol. The van der Waals surface area contributed by atoms with E-state index in [-0.39, 0.29) is 48.9 Å². The molecule has 0 aliphatic carbocycles. The molecule has 0 amide bonds. The normalized spacial score (nSPS) is 12.1. The van der Waals surface area contributed by atoms with Crippen molar-refractivity contribution in [2.45, 2.75) is 80.6 Å². The van der Waals surface area contributed by atoms with E-state index in [4.69, 9.17) is 0 Å². The van der Waals surface area contributed by atoms with Crippen LogP contribution < -0.4 is 0 Å². The molecule has 44 heavy (non-hydrogen) atoms. The standard InChI is InChI=1S/C25H21N2S.C13H24O2.Ir/c1-25(2,3)14-16-8-11-20-21(12-16)28-24-22(26-15-27-23(20)24)19-10-9-17-6-4-5-7-18(17)13-19;1-5-10(6-2)12(14)9-13(15)11(7-3)8-4;/h4-12,15H,14H2,1-3H3;9-11,14H,5-8H2,1-4H3;/q-1;;/b;12-9-;. The molecule has 0 saturated heterocycles. The van der Waals surface area contributed by atoms with Crippen molar-refractivity contribution in [3.05, 3.63) is 84.4 Å². The van der Waals surface area contributed by atoms with Gasteiger partial charge in [-0.15, -0.1) is 41.0 Å². The van der Waals surface area contributed by atoms with Crippen molar-refractivity contribution in [3.8, 4) is 11.3 Å². The molecule has 2 heterocycles. The minimum atomic E-state index is 0. The number of aromatic nitrogens is 2. The second-order valence-corrected chi connectivity index (χ2v) is 13.6. The van der Waals surface area contributed by atoms with Gasteiger partial charge in [-0.25, -0.2) is 4.98 Å². The number of benzene rings is 3. The molecule has 4 nitrogen and oxygen atoms in total. The largest absolute Gasteiger partial charge is 0.512 e. The summed E-state index contributed by atoms with van der Waals surface area (Å²) in [6, 6.07) is 22.9. The number of ketones is 1. The smallest absolute Gasteiger partial charge is 0.162 e. The number of hydrogen-bond acceptors (Lipinski definition) is 5. The number of allylic oxidation sites excluding steroid dienone is 2. The third-order valence-electron chi connectivity index (χ3n) is 8.05. The van der Waals surface area contributed by atoms with Gasteiger partial charge in [-0.3, -0.25) is 9.78 Å². The Morgan fingerprint density at radius 2 is 1.61 bits per heavy atom. The molecule has 0 aliphatic heterocycles. The Labute approximate surface area is 280 Å². The van der Waals surface area contributed by atoms with Crippen LogP contribution in [0.1, 0.15) is 79.7 Å². The quantitative estimate of drug-likeness (QED) is 0.0918. The Hall–Kier alpha value is -2.92. The van der Waals surface area contributed by atoms with Gasteiger partial charge in [-0.05, 0) is 49.1 Å². The fourth-order valence-electron chi connectivity index (χ4n) is 5.57. The van der Waals surface area contributed by atoms with Gasteiger partial charge in [-0.1, -0.05) is 89.7 Å². The van der Waals surface area contributed by atoms with Crippen LogP contribution in [-0.4, -0.2) is 20.9 Å². The van der Waals surface area contributed by atoms with Crippen molar-refractivity contribution >= 4 is 48.2 Å². The Balaban J connectivity index is 0.000000286. The van der Waals surface area contributed by atoms with Crippen LogP contribution in [0.3, 0.4) is 0 Å². The summed E-state index contributed by atoms with van der Waals surface area (Å²) < 4.78 is 2.41. The molecule has 2 aromatic heterocycles. The summed E-state index contributed by atoms with van der Waals surface area (Å²) in [5.74, 6) is 0.547. The minimum absolute atomic E-state index is 0. The van der Waals surface area contributed by atoms with E-state index in [0.29, 0.717) is 0 Å². The summed E-state index contributed by atoms with van der Waals surface area (Å²) in [5.41, 5.74) is 4.67. The van der Waals surface area contributed by atoms with Gasteiger partial charge in [0.05, 0.1) is 11.3 Å². The maximum atomic E-state index is 11.7. The van der Waals surface area contributed by atoms with Crippen LogP contribution in [0.5, 0.6) is 0 Å². The zero-order valence-electron chi connectivity index (χ0n) is 27.0. The Bertz CT molecular complexity index is 1730. The molecule has 6 heteroatoms. The Morgan fingerprint density at radius 3 is 2.27 bits per heavy atom. The Kier molecular flexibility index (Phi) is 12.8. The summed E-state index contributed by atoms with van der Waals surface area (Å²) in [4.78, 5) is 21.0. The van der Waals surface area contributed by atoms with Gasteiger partial charge in [0, 0.05) is 58.5 Å². The van der Waals surface area contributed by atoms with Crippen molar-refractivity contribution in [1.82, 2.24) is 9.97 Å². The first-order valence-corrected chi connectivity index (χ1v) is 16.4. The van der Waals surface area contributed by atoms with Crippen LogP contribution in [0, 0.1) is 23.3 Å². The zero-order chi connectivity index (χ0) is 31.1. The van der Waals surface area contributed by atoms with Gasteiger partial charge >= 0.3 is 0 Å². The molecule has 235 valence electrons. The second kappa shape index (κ2) is 15.9. The van der Waals surface area contributed by atoms with E-state index in [1.807, 2.05) is 33.8 Å². The van der Waals surface area contributed by atoms with Crippen molar-refractivity contribution in [2.24, 2.45) is 17.3 Å². The van der Waals surface area contributed by atoms with Crippen LogP contribution in [0.4, 0.5) is 0 Å². The van der Waals surface area contributed by atoms with Gasteiger partial charge in [0.1, 0.15) is 6.33 Å². The molecule has 0 saturated carbocycles. The van der Waals surface area contributed by atoms with E-state index in [2.05, 4.69) is 85.3 Å². The Morgan fingerprint density at radius 1 is 0.932 bits per heavy atom. The topological polar surface area (TPSA) is 63.1 Å². The van der Waals surface area contributed by atoms with Crippen LogP contribution in [0.15, 0.2) is 72.8 Å². The number of aliphatic hydroxyl groups excluding tert-OH is 1. The first kappa shape index (κ1) is 35.6. The fourth-order valence-corrected chi connectivity index (χ4v) is 6.79. The maximum absolute atomic E-state index is 11.7. The molecular weight excluding hydrogens is 741 g/mol. The molecule has 3 aromatic carbocycles. The van der Waals surface area contributed by atoms with Gasteiger partial charge in [0.25, 0.3) is 0 Å². The van der Waals surface area contributed by atoms with Crippen LogP contribution in [-0.2, 0) is 31.3 Å². The number of aliphatic hydroxyl groups is 1. The van der Waals surface area contributed by atoms with E-state index in [1.54, 1.807) is 17.7 Å². The summed E-state index contributed by atoms with van der Waals surface area (Å²) in [6.45, 7) is 14.9. The third-order valence-corrected chi connectivity index (χ3v) is 9.20. The van der Waals surface area contributed by atoms with Gasteiger partial charge in [0.2, 0.25) is 0 Å². The van der Waals surface area contributed by atoms with Crippen molar-refractivity contribution in [3.63, 3.8) is 0 Å². The molecule has 0 aliphatic rings. The SMILES string of the molecule is CC(C)(C)Cc1ccc2c(c1)sc1c(-c3[c-]c4ccccc4cc3)ncnc12.CCC(CC)C(=O)/C=C(\O)C(CC)CC.[Ir]. The van der Waals surface area contributed by atoms with Gasteiger partial charge in [-0.2, -0.15) is 0 Å².